The Morgan fingerprint density at radius 2 is 1.63 bits per heavy atom. The number of hydrogen-bond acceptors (Lipinski definition) is 3. The molecule has 1 atom stereocenters. The first-order valence-electron chi connectivity index (χ1n) is 7.91. The lowest BCUT2D eigenvalue weighted by molar-refractivity contribution is 0.136. The molecule has 0 aliphatic rings. The Morgan fingerprint density at radius 1 is 1.11 bits per heavy atom. The number of rotatable bonds is 11. The second-order valence-electron chi connectivity index (χ2n) is 6.94. The second-order valence-corrected chi connectivity index (χ2v) is 6.94. The van der Waals surface area contributed by atoms with Crippen molar-refractivity contribution in [2.75, 3.05) is 32.8 Å². The standard InChI is InChI=1S/C16H36N2O/c1-7-9-17-16(6,13-19)8-10-18(11-14(2)3)12-15(4)5/h14-15,17,19H,7-13H2,1-6H3. The van der Waals surface area contributed by atoms with Crippen LogP contribution in [0.25, 0.3) is 0 Å². The molecule has 0 fully saturated rings. The molecular weight excluding hydrogens is 236 g/mol. The van der Waals surface area contributed by atoms with Gasteiger partial charge in [-0.05, 0) is 44.7 Å². The third-order valence-electron chi connectivity index (χ3n) is 3.38. The average molecular weight is 272 g/mol. The SMILES string of the molecule is CCCNC(C)(CO)CCN(CC(C)C)CC(C)C. The molecule has 0 aliphatic carbocycles. The predicted octanol–water partition coefficient (Wildman–Crippen LogP) is 2.74. The molecule has 19 heavy (non-hydrogen) atoms. The van der Waals surface area contributed by atoms with Crippen molar-refractivity contribution in [3.05, 3.63) is 0 Å². The molecule has 0 aliphatic heterocycles. The summed E-state index contributed by atoms with van der Waals surface area (Å²) in [7, 11) is 0. The Hall–Kier alpha value is -0.120. The fraction of sp³-hybridized carbons (Fsp3) is 1.00. The Balaban J connectivity index is 4.32. The first-order chi connectivity index (χ1) is 8.83. The Kier molecular flexibility index (Phi) is 9.67. The molecule has 0 radical (unpaired) electrons. The fourth-order valence-electron chi connectivity index (χ4n) is 2.34. The summed E-state index contributed by atoms with van der Waals surface area (Å²) in [6, 6.07) is 0. The maximum Gasteiger partial charge on any atom is 0.0611 e. The summed E-state index contributed by atoms with van der Waals surface area (Å²) in [4.78, 5) is 2.54. The Labute approximate surface area is 120 Å². The monoisotopic (exact) mass is 272 g/mol. The van der Waals surface area contributed by atoms with E-state index in [0.717, 1.165) is 39.0 Å². The van der Waals surface area contributed by atoms with E-state index in [1.807, 2.05) is 0 Å². The van der Waals surface area contributed by atoms with Crippen molar-refractivity contribution in [3.8, 4) is 0 Å². The predicted molar refractivity (Wildman–Crippen MR) is 84.5 cm³/mol. The molecule has 116 valence electrons. The first kappa shape index (κ1) is 18.9. The van der Waals surface area contributed by atoms with E-state index < -0.39 is 0 Å². The van der Waals surface area contributed by atoms with Crippen molar-refractivity contribution in [2.45, 2.75) is 59.9 Å². The van der Waals surface area contributed by atoms with Gasteiger partial charge in [-0.15, -0.1) is 0 Å². The van der Waals surface area contributed by atoms with Gasteiger partial charge in [-0.3, -0.25) is 0 Å². The summed E-state index contributed by atoms with van der Waals surface area (Å²) < 4.78 is 0. The van der Waals surface area contributed by atoms with Crippen LogP contribution in [0.2, 0.25) is 0 Å². The highest BCUT2D eigenvalue weighted by Crippen LogP contribution is 2.12. The number of hydrogen-bond donors (Lipinski definition) is 2. The van der Waals surface area contributed by atoms with E-state index in [1.165, 1.54) is 0 Å². The van der Waals surface area contributed by atoms with E-state index in [1.54, 1.807) is 0 Å². The molecule has 0 saturated carbocycles. The van der Waals surface area contributed by atoms with Crippen LogP contribution in [0.5, 0.6) is 0 Å². The summed E-state index contributed by atoms with van der Waals surface area (Å²) in [5, 5.41) is 13.1. The van der Waals surface area contributed by atoms with E-state index in [0.29, 0.717) is 11.8 Å². The zero-order valence-electron chi connectivity index (χ0n) is 14.0. The van der Waals surface area contributed by atoms with Gasteiger partial charge in [-0.25, -0.2) is 0 Å². The number of aliphatic hydroxyl groups excluding tert-OH is 1. The van der Waals surface area contributed by atoms with E-state index >= 15 is 0 Å². The van der Waals surface area contributed by atoms with Gasteiger partial charge in [-0.2, -0.15) is 0 Å². The normalized spacial score (nSPS) is 15.5. The smallest absolute Gasteiger partial charge is 0.0611 e. The topological polar surface area (TPSA) is 35.5 Å². The van der Waals surface area contributed by atoms with E-state index in [2.05, 4.69) is 51.8 Å². The van der Waals surface area contributed by atoms with Gasteiger partial charge in [0.25, 0.3) is 0 Å². The van der Waals surface area contributed by atoms with Crippen LogP contribution < -0.4 is 5.32 Å². The van der Waals surface area contributed by atoms with E-state index in [4.69, 9.17) is 0 Å². The molecule has 0 bridgehead atoms. The minimum atomic E-state index is -0.137. The van der Waals surface area contributed by atoms with Crippen LogP contribution >= 0.6 is 0 Å². The van der Waals surface area contributed by atoms with Crippen LogP contribution in [0, 0.1) is 11.8 Å². The molecule has 0 rings (SSSR count). The van der Waals surface area contributed by atoms with Crippen molar-refractivity contribution in [1.82, 2.24) is 10.2 Å². The molecule has 0 aromatic carbocycles. The highest BCUT2D eigenvalue weighted by molar-refractivity contribution is 4.83. The number of aliphatic hydroxyl groups is 1. The summed E-state index contributed by atoms with van der Waals surface area (Å²) >= 11 is 0. The minimum absolute atomic E-state index is 0.137. The quantitative estimate of drug-likeness (QED) is 0.607. The van der Waals surface area contributed by atoms with Gasteiger partial charge in [0.15, 0.2) is 0 Å². The molecular formula is C16H36N2O. The molecule has 3 nitrogen and oxygen atoms in total. The van der Waals surface area contributed by atoms with Crippen LogP contribution in [0.3, 0.4) is 0 Å². The lowest BCUT2D eigenvalue weighted by Gasteiger charge is -2.33. The lowest BCUT2D eigenvalue weighted by atomic mass is 9.97. The van der Waals surface area contributed by atoms with E-state index in [9.17, 15) is 5.11 Å². The average Bonchev–Trinajstić information content (AvgIpc) is 2.32. The van der Waals surface area contributed by atoms with Crippen LogP contribution in [-0.2, 0) is 0 Å². The van der Waals surface area contributed by atoms with Crippen LogP contribution in [0.1, 0.15) is 54.4 Å². The highest BCUT2D eigenvalue weighted by atomic mass is 16.3. The summed E-state index contributed by atoms with van der Waals surface area (Å²) in [6.45, 7) is 17.9. The van der Waals surface area contributed by atoms with Gasteiger partial charge < -0.3 is 15.3 Å². The molecule has 1 unspecified atom stereocenters. The van der Waals surface area contributed by atoms with Gasteiger partial charge in [0.1, 0.15) is 0 Å². The first-order valence-corrected chi connectivity index (χ1v) is 7.91. The van der Waals surface area contributed by atoms with Gasteiger partial charge in [0.05, 0.1) is 6.61 Å². The maximum absolute atomic E-state index is 9.61. The second kappa shape index (κ2) is 9.73. The summed E-state index contributed by atoms with van der Waals surface area (Å²) in [5.74, 6) is 1.39. The van der Waals surface area contributed by atoms with Crippen molar-refractivity contribution < 1.29 is 5.11 Å². The maximum atomic E-state index is 9.61. The van der Waals surface area contributed by atoms with E-state index in [-0.39, 0.29) is 12.1 Å². The van der Waals surface area contributed by atoms with Crippen molar-refractivity contribution in [2.24, 2.45) is 11.8 Å². The molecule has 0 aromatic heterocycles. The molecule has 0 saturated heterocycles. The number of nitrogens with zero attached hydrogens (tertiary/aromatic N) is 1. The molecule has 0 heterocycles. The third-order valence-corrected chi connectivity index (χ3v) is 3.38. The molecule has 0 amide bonds. The largest absolute Gasteiger partial charge is 0.394 e. The summed E-state index contributed by atoms with van der Waals surface area (Å²) in [5.41, 5.74) is -0.137. The molecule has 0 aromatic rings. The van der Waals surface area contributed by atoms with Crippen LogP contribution in [0.4, 0.5) is 0 Å². The third kappa shape index (κ3) is 9.42. The fourth-order valence-corrected chi connectivity index (χ4v) is 2.34. The number of nitrogens with one attached hydrogen (secondary N) is 1. The Bertz CT molecular complexity index is 209. The molecule has 3 heteroatoms. The summed E-state index contributed by atoms with van der Waals surface area (Å²) in [6.07, 6.45) is 2.11. The van der Waals surface area contributed by atoms with Gasteiger partial charge >= 0.3 is 0 Å². The van der Waals surface area contributed by atoms with Crippen LogP contribution in [0.15, 0.2) is 0 Å². The van der Waals surface area contributed by atoms with Crippen molar-refractivity contribution in [3.63, 3.8) is 0 Å². The van der Waals surface area contributed by atoms with Gasteiger partial charge in [0, 0.05) is 18.6 Å². The minimum Gasteiger partial charge on any atom is -0.394 e. The molecule has 2 N–H and O–H groups in total. The zero-order chi connectivity index (χ0) is 14.9. The molecule has 0 spiro atoms. The van der Waals surface area contributed by atoms with Crippen molar-refractivity contribution in [1.29, 1.82) is 0 Å². The zero-order valence-corrected chi connectivity index (χ0v) is 14.0. The highest BCUT2D eigenvalue weighted by Gasteiger charge is 2.23. The Morgan fingerprint density at radius 3 is 2.00 bits per heavy atom. The van der Waals surface area contributed by atoms with Gasteiger partial charge in [0.2, 0.25) is 0 Å². The lowest BCUT2D eigenvalue weighted by Crippen LogP contribution is -2.48. The van der Waals surface area contributed by atoms with Crippen molar-refractivity contribution >= 4 is 0 Å². The van der Waals surface area contributed by atoms with Gasteiger partial charge in [-0.1, -0.05) is 34.6 Å². The van der Waals surface area contributed by atoms with Crippen LogP contribution in [-0.4, -0.2) is 48.3 Å².